The summed E-state index contributed by atoms with van der Waals surface area (Å²) in [7, 11) is 0. The molecule has 0 aromatic carbocycles. The van der Waals surface area contributed by atoms with Crippen LogP contribution in [0, 0.1) is 11.3 Å². The molecule has 3 heteroatoms. The second-order valence-corrected chi connectivity index (χ2v) is 4.70. The highest BCUT2D eigenvalue weighted by Gasteiger charge is 2.23. The maximum Gasteiger partial charge on any atom is 0.188 e. The van der Waals surface area contributed by atoms with E-state index in [9.17, 15) is 0 Å². The fourth-order valence-electron chi connectivity index (χ4n) is 2.11. The fourth-order valence-corrected chi connectivity index (χ4v) is 2.11. The molecule has 0 aromatic heterocycles. The van der Waals surface area contributed by atoms with Crippen molar-refractivity contribution in [3.63, 3.8) is 0 Å². The lowest BCUT2D eigenvalue weighted by Crippen LogP contribution is -2.43. The van der Waals surface area contributed by atoms with Crippen molar-refractivity contribution in [2.45, 2.75) is 52.0 Å². The molecule has 1 aliphatic rings. The van der Waals surface area contributed by atoms with E-state index in [4.69, 9.17) is 11.1 Å². The molecular formula is C11H23N3. The smallest absolute Gasteiger partial charge is 0.188 e. The van der Waals surface area contributed by atoms with E-state index < -0.39 is 0 Å². The van der Waals surface area contributed by atoms with Gasteiger partial charge in [-0.15, -0.1) is 0 Å². The maximum absolute atomic E-state index is 7.56. The Balaban J connectivity index is 2.42. The third-order valence-electron chi connectivity index (χ3n) is 3.02. The van der Waals surface area contributed by atoms with Crippen LogP contribution in [-0.2, 0) is 0 Å². The van der Waals surface area contributed by atoms with Crippen LogP contribution < -0.4 is 5.73 Å². The number of nitrogens with zero attached hydrogens (tertiary/aromatic N) is 1. The first-order valence-electron chi connectivity index (χ1n) is 5.72. The summed E-state index contributed by atoms with van der Waals surface area (Å²) in [6.07, 6.45) is 6.18. The van der Waals surface area contributed by atoms with E-state index in [0.717, 1.165) is 13.0 Å². The van der Waals surface area contributed by atoms with Crippen LogP contribution in [0.3, 0.4) is 0 Å². The van der Waals surface area contributed by atoms with Crippen molar-refractivity contribution in [2.75, 3.05) is 6.54 Å². The minimum atomic E-state index is 0.262. The van der Waals surface area contributed by atoms with E-state index in [1.165, 1.54) is 25.7 Å². The molecule has 0 heterocycles. The molecule has 0 radical (unpaired) electrons. The van der Waals surface area contributed by atoms with Gasteiger partial charge in [-0.25, -0.2) is 0 Å². The Bertz CT molecular complexity index is 183. The van der Waals surface area contributed by atoms with Gasteiger partial charge in [0.2, 0.25) is 0 Å². The van der Waals surface area contributed by atoms with Crippen molar-refractivity contribution in [1.82, 2.24) is 4.90 Å². The lowest BCUT2D eigenvalue weighted by atomic mass is 10.1. The first-order valence-corrected chi connectivity index (χ1v) is 5.72. The zero-order valence-electron chi connectivity index (χ0n) is 9.42. The van der Waals surface area contributed by atoms with E-state index in [0.29, 0.717) is 12.0 Å². The lowest BCUT2D eigenvalue weighted by molar-refractivity contribution is 0.291. The molecule has 0 bridgehead atoms. The normalized spacial score (nSPS) is 17.6. The van der Waals surface area contributed by atoms with Crippen molar-refractivity contribution < 1.29 is 0 Å². The van der Waals surface area contributed by atoms with E-state index in [-0.39, 0.29) is 5.96 Å². The molecule has 0 saturated heterocycles. The molecule has 1 aliphatic carbocycles. The molecule has 1 saturated carbocycles. The van der Waals surface area contributed by atoms with Gasteiger partial charge in [0.1, 0.15) is 0 Å². The molecule has 1 fully saturated rings. The molecule has 0 spiro atoms. The number of hydrogen-bond donors (Lipinski definition) is 2. The van der Waals surface area contributed by atoms with Crippen LogP contribution in [0.25, 0.3) is 0 Å². The summed E-state index contributed by atoms with van der Waals surface area (Å²) in [5.41, 5.74) is 5.61. The second kappa shape index (κ2) is 5.23. The largest absolute Gasteiger partial charge is 0.370 e. The first-order chi connectivity index (χ1) is 6.61. The molecule has 0 unspecified atom stereocenters. The topological polar surface area (TPSA) is 53.1 Å². The minimum absolute atomic E-state index is 0.262. The third kappa shape index (κ3) is 3.20. The van der Waals surface area contributed by atoms with Gasteiger partial charge < -0.3 is 10.6 Å². The quantitative estimate of drug-likeness (QED) is 0.536. The average Bonchev–Trinajstić information content (AvgIpc) is 2.56. The summed E-state index contributed by atoms with van der Waals surface area (Å²) in [5.74, 6) is 0.954. The highest BCUT2D eigenvalue weighted by atomic mass is 15.2. The van der Waals surface area contributed by atoms with Crippen LogP contribution >= 0.6 is 0 Å². The van der Waals surface area contributed by atoms with Crippen LogP contribution in [0.15, 0.2) is 0 Å². The number of guanidine groups is 1. The van der Waals surface area contributed by atoms with Gasteiger partial charge >= 0.3 is 0 Å². The van der Waals surface area contributed by atoms with Crippen LogP contribution in [0.1, 0.15) is 46.0 Å². The zero-order chi connectivity index (χ0) is 10.6. The van der Waals surface area contributed by atoms with Crippen molar-refractivity contribution in [3.8, 4) is 0 Å². The van der Waals surface area contributed by atoms with Crippen molar-refractivity contribution >= 4 is 5.96 Å². The Morgan fingerprint density at radius 3 is 2.43 bits per heavy atom. The summed E-state index contributed by atoms with van der Waals surface area (Å²) in [6.45, 7) is 5.39. The molecule has 0 amide bonds. The molecule has 14 heavy (non-hydrogen) atoms. The molecule has 1 rings (SSSR count). The van der Waals surface area contributed by atoms with E-state index >= 15 is 0 Å². The standard InChI is InChI=1S/C11H23N3/c1-9(2)7-8-14(11(12)13)10-5-3-4-6-10/h9-10H,3-8H2,1-2H3,(H3,12,13). The Morgan fingerprint density at radius 1 is 1.43 bits per heavy atom. The van der Waals surface area contributed by atoms with Crippen LogP contribution in [0.2, 0.25) is 0 Å². The number of nitrogens with two attached hydrogens (primary N) is 1. The molecule has 3 nitrogen and oxygen atoms in total. The van der Waals surface area contributed by atoms with E-state index in [2.05, 4.69) is 18.7 Å². The van der Waals surface area contributed by atoms with Crippen LogP contribution in [-0.4, -0.2) is 23.4 Å². The predicted octanol–water partition coefficient (Wildman–Crippen LogP) is 2.17. The highest BCUT2D eigenvalue weighted by Crippen LogP contribution is 2.23. The average molecular weight is 197 g/mol. The van der Waals surface area contributed by atoms with E-state index in [1.54, 1.807) is 0 Å². The summed E-state index contributed by atoms with van der Waals surface area (Å²) in [5, 5.41) is 7.56. The SMILES string of the molecule is CC(C)CCN(C(=N)N)C1CCCC1. The molecule has 3 N–H and O–H groups in total. The maximum atomic E-state index is 7.56. The van der Waals surface area contributed by atoms with Crippen molar-refractivity contribution in [2.24, 2.45) is 11.7 Å². The number of nitrogens with one attached hydrogen (secondary N) is 1. The summed E-state index contributed by atoms with van der Waals surface area (Å²) >= 11 is 0. The van der Waals surface area contributed by atoms with Crippen molar-refractivity contribution in [3.05, 3.63) is 0 Å². The van der Waals surface area contributed by atoms with Crippen LogP contribution in [0.5, 0.6) is 0 Å². The minimum Gasteiger partial charge on any atom is -0.370 e. The zero-order valence-corrected chi connectivity index (χ0v) is 9.42. The number of hydrogen-bond acceptors (Lipinski definition) is 1. The van der Waals surface area contributed by atoms with Gasteiger partial charge in [-0.1, -0.05) is 26.7 Å². The fraction of sp³-hybridized carbons (Fsp3) is 0.909. The Labute approximate surface area is 87.2 Å². The van der Waals surface area contributed by atoms with Gasteiger partial charge in [0.15, 0.2) is 5.96 Å². The monoisotopic (exact) mass is 197 g/mol. The summed E-state index contributed by atoms with van der Waals surface area (Å²) in [4.78, 5) is 2.09. The molecule has 0 aromatic rings. The van der Waals surface area contributed by atoms with Gasteiger partial charge in [-0.05, 0) is 25.2 Å². The molecule has 0 atom stereocenters. The van der Waals surface area contributed by atoms with Gasteiger partial charge in [0, 0.05) is 12.6 Å². The van der Waals surface area contributed by atoms with E-state index in [1.807, 2.05) is 0 Å². The Kier molecular flexibility index (Phi) is 4.23. The summed E-state index contributed by atoms with van der Waals surface area (Å²) < 4.78 is 0. The first kappa shape index (κ1) is 11.3. The van der Waals surface area contributed by atoms with Crippen LogP contribution in [0.4, 0.5) is 0 Å². The lowest BCUT2D eigenvalue weighted by Gasteiger charge is -2.29. The van der Waals surface area contributed by atoms with Gasteiger partial charge in [0.25, 0.3) is 0 Å². The van der Waals surface area contributed by atoms with Gasteiger partial charge in [-0.2, -0.15) is 0 Å². The highest BCUT2D eigenvalue weighted by molar-refractivity contribution is 5.74. The summed E-state index contributed by atoms with van der Waals surface area (Å²) in [6, 6.07) is 0.547. The van der Waals surface area contributed by atoms with Gasteiger partial charge in [-0.3, -0.25) is 5.41 Å². The number of rotatable bonds is 4. The third-order valence-corrected chi connectivity index (χ3v) is 3.02. The predicted molar refractivity (Wildman–Crippen MR) is 60.3 cm³/mol. The second-order valence-electron chi connectivity index (χ2n) is 4.70. The van der Waals surface area contributed by atoms with Gasteiger partial charge in [0.05, 0.1) is 0 Å². The molecule has 82 valence electrons. The molecule has 0 aliphatic heterocycles. The Hall–Kier alpha value is -0.730. The Morgan fingerprint density at radius 2 is 2.00 bits per heavy atom. The van der Waals surface area contributed by atoms with Crippen molar-refractivity contribution in [1.29, 1.82) is 5.41 Å². The molecular weight excluding hydrogens is 174 g/mol.